The van der Waals surface area contributed by atoms with Gasteiger partial charge in [-0.05, 0) is 6.92 Å². The van der Waals surface area contributed by atoms with Crippen LogP contribution in [0.15, 0.2) is 4.99 Å². The van der Waals surface area contributed by atoms with Crippen molar-refractivity contribution < 1.29 is 4.74 Å². The normalized spacial score (nSPS) is 15.5. The number of amidine groups is 1. The standard InChI is InChI=1S/C8H18N2O/c1-6(2)8(9)10-5-7(3)11-4/h6-7H,5H2,1-4H3,(H2,9,10). The summed E-state index contributed by atoms with van der Waals surface area (Å²) in [5.74, 6) is 1.04. The van der Waals surface area contributed by atoms with Crippen LogP contribution >= 0.6 is 0 Å². The average molecular weight is 158 g/mol. The second-order valence-electron chi connectivity index (χ2n) is 2.97. The molecule has 0 aromatic carbocycles. The van der Waals surface area contributed by atoms with Crippen LogP contribution in [-0.2, 0) is 4.74 Å². The minimum absolute atomic E-state index is 0.160. The number of nitrogens with zero attached hydrogens (tertiary/aromatic N) is 1. The van der Waals surface area contributed by atoms with Gasteiger partial charge in [0.15, 0.2) is 0 Å². The van der Waals surface area contributed by atoms with E-state index in [2.05, 4.69) is 4.99 Å². The summed E-state index contributed by atoms with van der Waals surface area (Å²) in [4.78, 5) is 4.16. The van der Waals surface area contributed by atoms with E-state index in [1.807, 2.05) is 20.8 Å². The Morgan fingerprint density at radius 2 is 2.00 bits per heavy atom. The SMILES string of the molecule is COC(C)CN=C(N)C(C)C. The fourth-order valence-corrected chi connectivity index (χ4v) is 0.491. The van der Waals surface area contributed by atoms with E-state index in [4.69, 9.17) is 10.5 Å². The highest BCUT2D eigenvalue weighted by Gasteiger charge is 2.00. The Morgan fingerprint density at radius 1 is 1.45 bits per heavy atom. The van der Waals surface area contributed by atoms with Crippen LogP contribution in [0.5, 0.6) is 0 Å². The van der Waals surface area contributed by atoms with Crippen LogP contribution < -0.4 is 5.73 Å². The lowest BCUT2D eigenvalue weighted by Gasteiger charge is -2.07. The molecule has 0 aliphatic rings. The molecule has 0 aromatic rings. The summed E-state index contributed by atoms with van der Waals surface area (Å²) < 4.78 is 5.02. The molecule has 0 fully saturated rings. The lowest BCUT2D eigenvalue weighted by atomic mass is 10.2. The highest BCUT2D eigenvalue weighted by molar-refractivity contribution is 5.82. The molecule has 0 saturated carbocycles. The van der Waals surface area contributed by atoms with Crippen molar-refractivity contribution in [2.75, 3.05) is 13.7 Å². The monoisotopic (exact) mass is 158 g/mol. The summed E-state index contributed by atoms with van der Waals surface area (Å²) in [6.07, 6.45) is 0.160. The fourth-order valence-electron chi connectivity index (χ4n) is 0.491. The molecule has 11 heavy (non-hydrogen) atoms. The Morgan fingerprint density at radius 3 is 2.36 bits per heavy atom. The third kappa shape index (κ3) is 4.79. The van der Waals surface area contributed by atoms with Crippen LogP contribution in [0.1, 0.15) is 20.8 Å². The maximum atomic E-state index is 5.61. The van der Waals surface area contributed by atoms with E-state index in [1.165, 1.54) is 0 Å². The van der Waals surface area contributed by atoms with Crippen molar-refractivity contribution in [2.45, 2.75) is 26.9 Å². The molecule has 0 spiro atoms. The molecule has 0 rings (SSSR count). The molecule has 0 heterocycles. The molecular formula is C8H18N2O. The first kappa shape index (κ1) is 10.4. The predicted molar refractivity (Wildman–Crippen MR) is 47.8 cm³/mol. The van der Waals surface area contributed by atoms with Crippen molar-refractivity contribution >= 4 is 5.84 Å². The average Bonchev–Trinajstić information content (AvgIpc) is 1.99. The topological polar surface area (TPSA) is 47.6 Å². The zero-order valence-corrected chi connectivity index (χ0v) is 7.79. The quantitative estimate of drug-likeness (QED) is 0.491. The molecule has 0 saturated heterocycles. The zero-order chi connectivity index (χ0) is 8.85. The maximum Gasteiger partial charge on any atom is 0.0963 e. The third-order valence-corrected chi connectivity index (χ3v) is 1.52. The Hall–Kier alpha value is -0.570. The van der Waals surface area contributed by atoms with E-state index >= 15 is 0 Å². The molecule has 2 N–H and O–H groups in total. The van der Waals surface area contributed by atoms with Gasteiger partial charge in [-0.15, -0.1) is 0 Å². The highest BCUT2D eigenvalue weighted by Crippen LogP contribution is 1.94. The summed E-state index contributed by atoms with van der Waals surface area (Å²) in [5, 5.41) is 0. The molecule has 3 heteroatoms. The Bertz CT molecular complexity index is 132. The van der Waals surface area contributed by atoms with E-state index in [0.717, 1.165) is 0 Å². The van der Waals surface area contributed by atoms with Crippen LogP contribution in [0.4, 0.5) is 0 Å². The second-order valence-corrected chi connectivity index (χ2v) is 2.97. The van der Waals surface area contributed by atoms with Gasteiger partial charge in [-0.1, -0.05) is 13.8 Å². The van der Waals surface area contributed by atoms with Gasteiger partial charge in [0.2, 0.25) is 0 Å². The smallest absolute Gasteiger partial charge is 0.0963 e. The molecular weight excluding hydrogens is 140 g/mol. The van der Waals surface area contributed by atoms with Gasteiger partial charge in [0, 0.05) is 13.0 Å². The van der Waals surface area contributed by atoms with Crippen molar-refractivity contribution in [1.29, 1.82) is 0 Å². The third-order valence-electron chi connectivity index (χ3n) is 1.52. The van der Waals surface area contributed by atoms with Crippen LogP contribution in [-0.4, -0.2) is 25.6 Å². The minimum atomic E-state index is 0.160. The van der Waals surface area contributed by atoms with Crippen LogP contribution in [0, 0.1) is 5.92 Å². The van der Waals surface area contributed by atoms with Crippen molar-refractivity contribution in [3.63, 3.8) is 0 Å². The molecule has 0 amide bonds. The largest absolute Gasteiger partial charge is 0.387 e. The summed E-state index contributed by atoms with van der Waals surface area (Å²) in [5.41, 5.74) is 5.61. The van der Waals surface area contributed by atoms with Crippen LogP contribution in [0.2, 0.25) is 0 Å². The number of ether oxygens (including phenoxy) is 1. The van der Waals surface area contributed by atoms with Crippen molar-refractivity contribution in [2.24, 2.45) is 16.6 Å². The first-order chi connectivity index (χ1) is 5.07. The number of nitrogens with two attached hydrogens (primary N) is 1. The number of hydrogen-bond donors (Lipinski definition) is 1. The van der Waals surface area contributed by atoms with Crippen LogP contribution in [0.3, 0.4) is 0 Å². The van der Waals surface area contributed by atoms with Gasteiger partial charge >= 0.3 is 0 Å². The van der Waals surface area contributed by atoms with E-state index in [1.54, 1.807) is 7.11 Å². The predicted octanol–water partition coefficient (Wildman–Crippen LogP) is 1.03. The summed E-state index contributed by atoms with van der Waals surface area (Å²) in [6, 6.07) is 0. The molecule has 3 nitrogen and oxygen atoms in total. The lowest BCUT2D eigenvalue weighted by molar-refractivity contribution is 0.125. The molecule has 0 aliphatic carbocycles. The molecule has 0 bridgehead atoms. The fraction of sp³-hybridized carbons (Fsp3) is 0.875. The Kier molecular flexibility index (Phi) is 4.86. The summed E-state index contributed by atoms with van der Waals surface area (Å²) in [6.45, 7) is 6.67. The molecule has 0 aliphatic heterocycles. The van der Waals surface area contributed by atoms with E-state index in [9.17, 15) is 0 Å². The first-order valence-corrected chi connectivity index (χ1v) is 3.90. The van der Waals surface area contributed by atoms with Gasteiger partial charge in [0.05, 0.1) is 18.5 Å². The molecule has 0 aromatic heterocycles. The van der Waals surface area contributed by atoms with Crippen LogP contribution in [0.25, 0.3) is 0 Å². The lowest BCUT2D eigenvalue weighted by Crippen LogP contribution is -2.21. The van der Waals surface area contributed by atoms with Crippen molar-refractivity contribution in [3.05, 3.63) is 0 Å². The highest BCUT2D eigenvalue weighted by atomic mass is 16.5. The van der Waals surface area contributed by atoms with Crippen molar-refractivity contribution in [1.82, 2.24) is 0 Å². The van der Waals surface area contributed by atoms with E-state index < -0.39 is 0 Å². The van der Waals surface area contributed by atoms with Gasteiger partial charge < -0.3 is 10.5 Å². The van der Waals surface area contributed by atoms with E-state index in [0.29, 0.717) is 18.3 Å². The van der Waals surface area contributed by atoms with Gasteiger partial charge in [-0.3, -0.25) is 4.99 Å². The number of hydrogen-bond acceptors (Lipinski definition) is 2. The minimum Gasteiger partial charge on any atom is -0.387 e. The van der Waals surface area contributed by atoms with E-state index in [-0.39, 0.29) is 6.10 Å². The molecule has 1 atom stereocenters. The molecule has 0 radical (unpaired) electrons. The number of aliphatic imine (C=N–C) groups is 1. The maximum absolute atomic E-state index is 5.61. The first-order valence-electron chi connectivity index (χ1n) is 3.90. The number of rotatable bonds is 4. The van der Waals surface area contributed by atoms with Crippen molar-refractivity contribution in [3.8, 4) is 0 Å². The zero-order valence-electron chi connectivity index (χ0n) is 7.79. The molecule has 1 unspecified atom stereocenters. The van der Waals surface area contributed by atoms with Gasteiger partial charge in [-0.25, -0.2) is 0 Å². The Labute approximate surface area is 68.6 Å². The summed E-state index contributed by atoms with van der Waals surface area (Å²) >= 11 is 0. The van der Waals surface area contributed by atoms with Gasteiger partial charge in [-0.2, -0.15) is 0 Å². The van der Waals surface area contributed by atoms with Gasteiger partial charge in [0.25, 0.3) is 0 Å². The number of methoxy groups -OCH3 is 1. The Balaban J connectivity index is 3.72. The second kappa shape index (κ2) is 5.13. The molecule has 66 valence electrons. The summed E-state index contributed by atoms with van der Waals surface area (Å²) in [7, 11) is 1.67. The van der Waals surface area contributed by atoms with Gasteiger partial charge in [0.1, 0.15) is 0 Å².